The molecule has 3 N–H and O–H groups in total. The molecule has 0 spiro atoms. The molecule has 5 heteroatoms. The molecule has 1 aromatic heterocycles. The number of benzene rings is 1. The number of aryl methyl sites for hydroxylation is 1. The van der Waals surface area contributed by atoms with Gasteiger partial charge < -0.3 is 20.5 Å². The van der Waals surface area contributed by atoms with E-state index in [1.807, 2.05) is 7.05 Å². The Labute approximate surface area is 150 Å². The van der Waals surface area contributed by atoms with E-state index in [1.54, 1.807) is 0 Å². The summed E-state index contributed by atoms with van der Waals surface area (Å²) in [6.45, 7) is 7.59. The number of nitrogens with one attached hydrogen (secondary N) is 3. The van der Waals surface area contributed by atoms with Crippen LogP contribution in [0.2, 0.25) is 0 Å². The van der Waals surface area contributed by atoms with Crippen LogP contribution in [0.15, 0.2) is 29.4 Å². The monoisotopic (exact) mass is 341 g/mol. The van der Waals surface area contributed by atoms with Crippen molar-refractivity contribution in [2.24, 2.45) is 4.99 Å². The maximum absolute atomic E-state index is 4.34. The fraction of sp³-hybridized carbons (Fsp3) is 0.550. The minimum atomic E-state index is 0.880. The molecule has 1 aromatic carbocycles. The van der Waals surface area contributed by atoms with Crippen LogP contribution in [0.25, 0.3) is 10.9 Å². The van der Waals surface area contributed by atoms with E-state index in [0.29, 0.717) is 0 Å². The SMILES string of the molecule is CN=C(NCCc1c[nH]c2cccc(C)c12)NCCN1CCCCC1. The third kappa shape index (κ3) is 4.75. The topological polar surface area (TPSA) is 55.5 Å². The van der Waals surface area contributed by atoms with Gasteiger partial charge in [0.1, 0.15) is 0 Å². The van der Waals surface area contributed by atoms with Gasteiger partial charge in [-0.25, -0.2) is 0 Å². The summed E-state index contributed by atoms with van der Waals surface area (Å²) in [5, 5.41) is 8.23. The van der Waals surface area contributed by atoms with Crippen molar-refractivity contribution in [3.63, 3.8) is 0 Å². The number of hydrogen-bond acceptors (Lipinski definition) is 2. The third-order valence-corrected chi connectivity index (χ3v) is 5.08. The van der Waals surface area contributed by atoms with Crippen LogP contribution in [0.5, 0.6) is 0 Å². The quantitative estimate of drug-likeness (QED) is 0.559. The summed E-state index contributed by atoms with van der Waals surface area (Å²) in [5.74, 6) is 0.897. The minimum Gasteiger partial charge on any atom is -0.361 e. The number of likely N-dealkylation sites (tertiary alicyclic amines) is 1. The molecule has 0 atom stereocenters. The predicted octanol–water partition coefficient (Wildman–Crippen LogP) is 2.67. The summed E-state index contributed by atoms with van der Waals surface area (Å²) in [5.41, 5.74) is 3.92. The van der Waals surface area contributed by atoms with Gasteiger partial charge in [0.05, 0.1) is 0 Å². The van der Waals surface area contributed by atoms with Gasteiger partial charge in [0, 0.05) is 43.8 Å². The van der Waals surface area contributed by atoms with Crippen LogP contribution in [-0.4, -0.2) is 55.6 Å². The summed E-state index contributed by atoms with van der Waals surface area (Å²) in [6, 6.07) is 6.42. The molecule has 1 aliphatic rings. The summed E-state index contributed by atoms with van der Waals surface area (Å²) in [7, 11) is 1.84. The first-order chi connectivity index (χ1) is 12.3. The van der Waals surface area contributed by atoms with E-state index >= 15 is 0 Å². The Kier molecular flexibility index (Phi) is 6.34. The van der Waals surface area contributed by atoms with E-state index < -0.39 is 0 Å². The lowest BCUT2D eigenvalue weighted by Crippen LogP contribution is -2.43. The number of aromatic nitrogens is 1. The number of piperidine rings is 1. The van der Waals surface area contributed by atoms with E-state index in [9.17, 15) is 0 Å². The first kappa shape index (κ1) is 17.8. The van der Waals surface area contributed by atoms with Gasteiger partial charge in [-0.1, -0.05) is 18.6 Å². The van der Waals surface area contributed by atoms with Crippen LogP contribution >= 0.6 is 0 Å². The second-order valence-corrected chi connectivity index (χ2v) is 6.89. The molecule has 2 aromatic rings. The average Bonchev–Trinajstić information content (AvgIpc) is 3.06. The van der Waals surface area contributed by atoms with Crippen molar-refractivity contribution in [1.29, 1.82) is 0 Å². The Morgan fingerprint density at radius 1 is 1.16 bits per heavy atom. The second kappa shape index (κ2) is 8.90. The van der Waals surface area contributed by atoms with Gasteiger partial charge in [0.2, 0.25) is 0 Å². The average molecular weight is 342 g/mol. The second-order valence-electron chi connectivity index (χ2n) is 6.89. The van der Waals surface area contributed by atoms with Crippen LogP contribution < -0.4 is 10.6 Å². The number of rotatable bonds is 6. The van der Waals surface area contributed by atoms with Crippen LogP contribution in [0, 0.1) is 6.92 Å². The van der Waals surface area contributed by atoms with Gasteiger partial charge in [-0.15, -0.1) is 0 Å². The lowest BCUT2D eigenvalue weighted by atomic mass is 10.1. The number of fused-ring (bicyclic) bond motifs is 1. The van der Waals surface area contributed by atoms with E-state index in [4.69, 9.17) is 0 Å². The molecule has 0 radical (unpaired) electrons. The van der Waals surface area contributed by atoms with Crippen molar-refractivity contribution in [3.8, 4) is 0 Å². The van der Waals surface area contributed by atoms with Crippen LogP contribution in [-0.2, 0) is 6.42 Å². The Bertz CT molecular complexity index is 697. The highest BCUT2D eigenvalue weighted by Crippen LogP contribution is 2.22. The molecule has 25 heavy (non-hydrogen) atoms. The predicted molar refractivity (Wildman–Crippen MR) is 106 cm³/mol. The lowest BCUT2D eigenvalue weighted by Gasteiger charge is -2.26. The van der Waals surface area contributed by atoms with E-state index in [1.165, 1.54) is 54.4 Å². The maximum Gasteiger partial charge on any atom is 0.191 e. The number of aliphatic imine (C=N–C) groups is 1. The molecule has 0 bridgehead atoms. The molecule has 5 nitrogen and oxygen atoms in total. The molecule has 1 fully saturated rings. The lowest BCUT2D eigenvalue weighted by molar-refractivity contribution is 0.232. The summed E-state index contributed by atoms with van der Waals surface area (Å²) in [6.07, 6.45) is 7.19. The van der Waals surface area contributed by atoms with E-state index in [0.717, 1.165) is 32.0 Å². The molecule has 0 aliphatic carbocycles. The van der Waals surface area contributed by atoms with Crippen molar-refractivity contribution in [2.45, 2.75) is 32.6 Å². The molecule has 2 heterocycles. The molecular weight excluding hydrogens is 310 g/mol. The zero-order valence-electron chi connectivity index (χ0n) is 15.6. The Hall–Kier alpha value is -2.01. The minimum absolute atomic E-state index is 0.880. The summed E-state index contributed by atoms with van der Waals surface area (Å²) < 4.78 is 0. The van der Waals surface area contributed by atoms with Gasteiger partial charge >= 0.3 is 0 Å². The van der Waals surface area contributed by atoms with Crippen molar-refractivity contribution in [2.75, 3.05) is 39.8 Å². The van der Waals surface area contributed by atoms with Gasteiger partial charge in [-0.3, -0.25) is 4.99 Å². The van der Waals surface area contributed by atoms with E-state index in [-0.39, 0.29) is 0 Å². The van der Waals surface area contributed by atoms with Gasteiger partial charge in [0.25, 0.3) is 0 Å². The van der Waals surface area contributed by atoms with Gasteiger partial charge in [-0.2, -0.15) is 0 Å². The molecule has 1 aliphatic heterocycles. The molecule has 0 amide bonds. The molecule has 0 saturated carbocycles. The first-order valence-electron chi connectivity index (χ1n) is 9.50. The van der Waals surface area contributed by atoms with Crippen molar-refractivity contribution >= 4 is 16.9 Å². The van der Waals surface area contributed by atoms with Crippen LogP contribution in [0.4, 0.5) is 0 Å². The molecule has 1 saturated heterocycles. The van der Waals surface area contributed by atoms with Crippen molar-refractivity contribution in [1.82, 2.24) is 20.5 Å². The Morgan fingerprint density at radius 3 is 2.76 bits per heavy atom. The smallest absolute Gasteiger partial charge is 0.191 e. The molecule has 136 valence electrons. The molecule has 3 rings (SSSR count). The zero-order chi connectivity index (χ0) is 17.5. The number of aromatic amines is 1. The summed E-state index contributed by atoms with van der Waals surface area (Å²) in [4.78, 5) is 10.3. The van der Waals surface area contributed by atoms with Gasteiger partial charge in [-0.05, 0) is 56.5 Å². The fourth-order valence-corrected chi connectivity index (χ4v) is 3.70. The number of nitrogens with zero attached hydrogens (tertiary/aromatic N) is 2. The van der Waals surface area contributed by atoms with E-state index in [2.05, 4.69) is 56.8 Å². The highest BCUT2D eigenvalue weighted by Gasteiger charge is 2.10. The van der Waals surface area contributed by atoms with Crippen LogP contribution in [0.1, 0.15) is 30.4 Å². The molecular formula is C20H31N5. The Balaban J connectivity index is 1.43. The highest BCUT2D eigenvalue weighted by atomic mass is 15.2. The van der Waals surface area contributed by atoms with Crippen molar-refractivity contribution in [3.05, 3.63) is 35.5 Å². The number of guanidine groups is 1. The fourth-order valence-electron chi connectivity index (χ4n) is 3.70. The zero-order valence-corrected chi connectivity index (χ0v) is 15.6. The summed E-state index contributed by atoms with van der Waals surface area (Å²) >= 11 is 0. The van der Waals surface area contributed by atoms with Gasteiger partial charge in [0.15, 0.2) is 5.96 Å². The first-order valence-corrected chi connectivity index (χ1v) is 9.50. The normalized spacial score (nSPS) is 16.3. The maximum atomic E-state index is 4.34. The highest BCUT2D eigenvalue weighted by molar-refractivity contribution is 5.86. The number of H-pyrrole nitrogens is 1. The largest absolute Gasteiger partial charge is 0.361 e. The Morgan fingerprint density at radius 2 is 1.96 bits per heavy atom. The standard InChI is InChI=1S/C20H31N5/c1-16-7-6-8-18-19(16)17(15-24-18)9-10-22-20(21-2)23-11-14-25-12-4-3-5-13-25/h6-8,15,24H,3-5,9-14H2,1-2H3,(H2,21,22,23). The molecule has 0 unspecified atom stereocenters. The number of hydrogen-bond donors (Lipinski definition) is 3. The third-order valence-electron chi connectivity index (χ3n) is 5.08. The van der Waals surface area contributed by atoms with Crippen molar-refractivity contribution < 1.29 is 0 Å². The van der Waals surface area contributed by atoms with Crippen LogP contribution in [0.3, 0.4) is 0 Å².